The molecular weight excluding hydrogens is 362 g/mol. The molecule has 0 saturated heterocycles. The lowest BCUT2D eigenvalue weighted by molar-refractivity contribution is -0.144. The first-order chi connectivity index (χ1) is 14.0. The highest BCUT2D eigenvalue weighted by molar-refractivity contribution is 5.82. The summed E-state index contributed by atoms with van der Waals surface area (Å²) in [6.07, 6.45) is 0.203. The van der Waals surface area contributed by atoms with Crippen LogP contribution in [0, 0.1) is 0 Å². The fourth-order valence-electron chi connectivity index (χ4n) is 4.26. The second-order valence-corrected chi connectivity index (χ2v) is 7.51. The number of aliphatic carboxylic acids is 1. The van der Waals surface area contributed by atoms with Crippen molar-refractivity contribution < 1.29 is 14.6 Å². The van der Waals surface area contributed by atoms with Gasteiger partial charge in [-0.3, -0.25) is 4.79 Å². The van der Waals surface area contributed by atoms with Gasteiger partial charge in [0.1, 0.15) is 11.6 Å². The highest BCUT2D eigenvalue weighted by Gasteiger charge is 2.47. The molecule has 4 nitrogen and oxygen atoms in total. The molecule has 0 heterocycles. The molecule has 3 aromatic rings. The fourth-order valence-corrected chi connectivity index (χ4v) is 4.26. The van der Waals surface area contributed by atoms with Crippen LogP contribution in [0.3, 0.4) is 0 Å². The molecule has 0 aromatic heterocycles. The van der Waals surface area contributed by atoms with E-state index in [9.17, 15) is 9.90 Å². The first-order valence-electron chi connectivity index (χ1n) is 9.94. The molecule has 0 bridgehead atoms. The van der Waals surface area contributed by atoms with Gasteiger partial charge in [-0.05, 0) is 35.6 Å². The maximum Gasteiger partial charge on any atom is 0.323 e. The average Bonchev–Trinajstić information content (AvgIpc) is 3.04. The van der Waals surface area contributed by atoms with Gasteiger partial charge in [0, 0.05) is 11.1 Å². The lowest BCUT2D eigenvalue weighted by Gasteiger charge is -2.36. The smallest absolute Gasteiger partial charge is 0.323 e. The van der Waals surface area contributed by atoms with Crippen LogP contribution in [0.1, 0.15) is 36.1 Å². The van der Waals surface area contributed by atoms with Crippen molar-refractivity contribution >= 4 is 5.97 Å². The van der Waals surface area contributed by atoms with Crippen LogP contribution >= 0.6 is 0 Å². The van der Waals surface area contributed by atoms with E-state index >= 15 is 0 Å². The van der Waals surface area contributed by atoms with E-state index in [1.165, 1.54) is 5.56 Å². The van der Waals surface area contributed by atoms with Gasteiger partial charge in [-0.1, -0.05) is 79.7 Å². The minimum atomic E-state index is -1.12. The number of aryl methyl sites for hydroxylation is 1. The van der Waals surface area contributed by atoms with E-state index in [1.54, 1.807) is 6.92 Å². The molecule has 2 atom stereocenters. The number of benzene rings is 3. The van der Waals surface area contributed by atoms with Gasteiger partial charge in [-0.25, -0.2) is 0 Å². The molecule has 29 heavy (non-hydrogen) atoms. The van der Waals surface area contributed by atoms with E-state index in [4.69, 9.17) is 10.5 Å². The number of ether oxygens (including phenoxy) is 1. The van der Waals surface area contributed by atoms with Crippen LogP contribution in [0.15, 0.2) is 72.8 Å². The third-order valence-electron chi connectivity index (χ3n) is 5.80. The molecule has 3 N–H and O–H groups in total. The Morgan fingerprint density at radius 1 is 1.00 bits per heavy atom. The summed E-state index contributed by atoms with van der Waals surface area (Å²) in [6.45, 7) is 3.85. The summed E-state index contributed by atoms with van der Waals surface area (Å²) in [7, 11) is 0. The summed E-state index contributed by atoms with van der Waals surface area (Å²) in [5.41, 5.74) is 11.4. The van der Waals surface area contributed by atoms with Gasteiger partial charge in [0.15, 0.2) is 0 Å². The highest BCUT2D eigenvalue weighted by atomic mass is 16.5. The van der Waals surface area contributed by atoms with Crippen LogP contribution < -0.4 is 5.73 Å². The third-order valence-corrected chi connectivity index (χ3v) is 5.80. The van der Waals surface area contributed by atoms with Crippen LogP contribution in [0.4, 0.5) is 0 Å². The number of rotatable bonds is 6. The predicted molar refractivity (Wildman–Crippen MR) is 114 cm³/mol. The van der Waals surface area contributed by atoms with Crippen molar-refractivity contribution in [2.75, 3.05) is 0 Å². The lowest BCUT2D eigenvalue weighted by Crippen LogP contribution is -2.46. The van der Waals surface area contributed by atoms with Crippen LogP contribution in [-0.4, -0.2) is 23.2 Å². The number of hydrogen-bond donors (Lipinski definition) is 2. The van der Waals surface area contributed by atoms with E-state index in [0.29, 0.717) is 0 Å². The minimum Gasteiger partial charge on any atom is -0.480 e. The van der Waals surface area contributed by atoms with Crippen molar-refractivity contribution in [1.82, 2.24) is 0 Å². The van der Waals surface area contributed by atoms with Crippen molar-refractivity contribution in [3.05, 3.63) is 95.1 Å². The van der Waals surface area contributed by atoms with Gasteiger partial charge in [0.05, 0.1) is 6.10 Å². The molecule has 1 aliphatic carbocycles. The van der Waals surface area contributed by atoms with Crippen LogP contribution in [0.5, 0.6) is 0 Å². The maximum absolute atomic E-state index is 11.5. The standard InChI is InChI=1S/C25H25NO3/c1-3-17-9-8-10-18(15-17)25(29-16(2)23(26)24(27)28)21-13-6-4-11-19(21)20-12-5-7-14-22(20)25/h4-16,23H,3,26H2,1-2H3,(H,27,28)/t16?,23-/m0/s1. The normalized spacial score (nSPS) is 16.0. The second-order valence-electron chi connectivity index (χ2n) is 7.51. The fraction of sp³-hybridized carbons (Fsp3) is 0.240. The quantitative estimate of drug-likeness (QED) is 0.660. The average molecular weight is 387 g/mol. The zero-order chi connectivity index (χ0) is 20.6. The monoisotopic (exact) mass is 387 g/mol. The van der Waals surface area contributed by atoms with E-state index in [1.807, 2.05) is 30.3 Å². The summed E-state index contributed by atoms with van der Waals surface area (Å²) in [5, 5.41) is 9.45. The summed E-state index contributed by atoms with van der Waals surface area (Å²) >= 11 is 0. The Hall–Kier alpha value is -2.95. The first-order valence-corrected chi connectivity index (χ1v) is 9.94. The molecule has 148 valence electrons. The van der Waals surface area contributed by atoms with Gasteiger partial charge in [0.2, 0.25) is 0 Å². The molecule has 4 heteroatoms. The van der Waals surface area contributed by atoms with Gasteiger partial charge in [0.25, 0.3) is 0 Å². The Balaban J connectivity index is 2.00. The van der Waals surface area contributed by atoms with Crippen molar-refractivity contribution in [3.63, 3.8) is 0 Å². The molecule has 4 rings (SSSR count). The number of nitrogens with two attached hydrogens (primary N) is 1. The predicted octanol–water partition coefficient (Wildman–Crippen LogP) is 4.34. The zero-order valence-electron chi connectivity index (χ0n) is 16.6. The second kappa shape index (κ2) is 7.47. The maximum atomic E-state index is 11.5. The van der Waals surface area contributed by atoms with Gasteiger partial charge < -0.3 is 15.6 Å². The Morgan fingerprint density at radius 3 is 2.14 bits per heavy atom. The molecule has 3 aromatic carbocycles. The highest BCUT2D eigenvalue weighted by Crippen LogP contribution is 2.53. The third kappa shape index (κ3) is 3.05. The van der Waals surface area contributed by atoms with Gasteiger partial charge in [-0.2, -0.15) is 0 Å². The molecule has 0 saturated carbocycles. The molecule has 1 aliphatic rings. The number of carboxylic acid groups (broad SMARTS) is 1. The van der Waals surface area contributed by atoms with E-state index < -0.39 is 23.7 Å². The van der Waals surface area contributed by atoms with E-state index in [2.05, 4.69) is 49.4 Å². The number of carboxylic acids is 1. The van der Waals surface area contributed by atoms with Crippen LogP contribution in [0.2, 0.25) is 0 Å². The Labute approximate surface area is 171 Å². The van der Waals surface area contributed by atoms with Gasteiger partial charge >= 0.3 is 5.97 Å². The summed E-state index contributed by atoms with van der Waals surface area (Å²) in [6, 6.07) is 23.5. The minimum absolute atomic E-state index is 0.697. The van der Waals surface area contributed by atoms with Crippen LogP contribution in [0.25, 0.3) is 11.1 Å². The molecule has 0 radical (unpaired) electrons. The number of carbonyl (C=O) groups is 1. The van der Waals surface area contributed by atoms with Crippen molar-refractivity contribution in [1.29, 1.82) is 0 Å². The molecule has 0 aliphatic heterocycles. The molecule has 0 spiro atoms. The van der Waals surface area contributed by atoms with Crippen molar-refractivity contribution in [2.24, 2.45) is 5.73 Å². The lowest BCUT2D eigenvalue weighted by atomic mass is 9.82. The van der Waals surface area contributed by atoms with E-state index in [-0.39, 0.29) is 0 Å². The molecule has 0 fully saturated rings. The Bertz CT molecular complexity index is 1010. The van der Waals surface area contributed by atoms with Gasteiger partial charge in [-0.15, -0.1) is 0 Å². The van der Waals surface area contributed by atoms with Crippen molar-refractivity contribution in [3.8, 4) is 11.1 Å². The largest absolute Gasteiger partial charge is 0.480 e. The Morgan fingerprint density at radius 2 is 1.59 bits per heavy atom. The Kier molecular flexibility index (Phi) is 4.99. The van der Waals surface area contributed by atoms with E-state index in [0.717, 1.165) is 34.2 Å². The summed E-state index contributed by atoms with van der Waals surface area (Å²) in [5.74, 6) is -1.07. The van der Waals surface area contributed by atoms with Crippen molar-refractivity contribution in [2.45, 2.75) is 38.0 Å². The molecule has 1 unspecified atom stereocenters. The number of fused-ring (bicyclic) bond motifs is 3. The molecule has 0 amide bonds. The summed E-state index contributed by atoms with van der Waals surface area (Å²) < 4.78 is 6.65. The number of hydrogen-bond acceptors (Lipinski definition) is 3. The SMILES string of the molecule is CCc1cccc(C2(OC(C)[C@H](N)C(=O)O)c3ccccc3-c3ccccc32)c1. The topological polar surface area (TPSA) is 72.5 Å². The summed E-state index contributed by atoms with van der Waals surface area (Å²) in [4.78, 5) is 11.5. The first kappa shape index (κ1) is 19.4. The zero-order valence-corrected chi connectivity index (χ0v) is 16.6. The molecular formula is C25H25NO3. The van der Waals surface area contributed by atoms with Crippen LogP contribution in [-0.2, 0) is 21.6 Å².